The third-order valence-corrected chi connectivity index (χ3v) is 10.3. The van der Waals surface area contributed by atoms with E-state index in [1.165, 1.54) is 0 Å². The average molecular weight is 394 g/mol. The van der Waals surface area contributed by atoms with Crippen molar-refractivity contribution in [2.45, 2.75) is 50.4 Å². The van der Waals surface area contributed by atoms with Crippen LogP contribution in [0.1, 0.15) is 33.1 Å². The summed E-state index contributed by atoms with van der Waals surface area (Å²) < 4.78 is 0. The molecular formula is C23H27NO3Si. The van der Waals surface area contributed by atoms with Gasteiger partial charge in [0.15, 0.2) is 6.10 Å². The molecule has 0 unspecified atom stereocenters. The molecule has 0 aliphatic carbocycles. The van der Waals surface area contributed by atoms with E-state index < -0.39 is 25.6 Å². The maximum Gasteiger partial charge on any atom is 0.258 e. The Labute approximate surface area is 168 Å². The van der Waals surface area contributed by atoms with Crippen LogP contribution in [0.5, 0.6) is 0 Å². The van der Waals surface area contributed by atoms with E-state index in [0.717, 1.165) is 10.4 Å². The first kappa shape index (κ1) is 20.3. The van der Waals surface area contributed by atoms with E-state index in [0.29, 0.717) is 25.0 Å². The van der Waals surface area contributed by atoms with Gasteiger partial charge >= 0.3 is 0 Å². The normalized spacial score (nSPS) is 18.1. The summed E-state index contributed by atoms with van der Waals surface area (Å²) in [4.78, 5) is 17.4. The van der Waals surface area contributed by atoms with Crippen LogP contribution in [-0.4, -0.2) is 36.1 Å². The van der Waals surface area contributed by atoms with Crippen LogP contribution in [0.25, 0.3) is 0 Å². The second kappa shape index (κ2) is 8.32. The van der Waals surface area contributed by atoms with Gasteiger partial charge in [0.2, 0.25) is 0 Å². The van der Waals surface area contributed by atoms with Gasteiger partial charge < -0.3 is 14.7 Å². The topological polar surface area (TPSA) is 62.0 Å². The minimum Gasteiger partial charge on any atom is -0.424 e. The third kappa shape index (κ3) is 3.90. The molecular weight excluding hydrogens is 366 g/mol. The van der Waals surface area contributed by atoms with Gasteiger partial charge in [-0.1, -0.05) is 85.6 Å². The number of oxime groups is 1. The van der Waals surface area contributed by atoms with E-state index in [9.17, 15) is 9.90 Å². The smallest absolute Gasteiger partial charge is 0.258 e. The summed E-state index contributed by atoms with van der Waals surface area (Å²) in [6.07, 6.45) is 5.86. The fraction of sp³-hybridized carbons (Fsp3) is 0.348. The fourth-order valence-electron chi connectivity index (χ4n) is 3.87. The van der Waals surface area contributed by atoms with Crippen LogP contribution < -0.4 is 10.4 Å². The van der Waals surface area contributed by atoms with Crippen molar-refractivity contribution < 1.29 is 14.7 Å². The SMILES string of the molecule is C#CC1=NO[C@H]([C@@H](O)CCC(C)(C)[Si](O)(c2ccccc2)c2ccccc2)C1. The van der Waals surface area contributed by atoms with E-state index >= 15 is 0 Å². The lowest BCUT2D eigenvalue weighted by atomic mass is 9.98. The zero-order valence-corrected chi connectivity index (χ0v) is 17.4. The lowest BCUT2D eigenvalue weighted by Crippen LogP contribution is -2.65. The predicted molar refractivity (Wildman–Crippen MR) is 115 cm³/mol. The van der Waals surface area contributed by atoms with Gasteiger partial charge in [-0.3, -0.25) is 0 Å². The van der Waals surface area contributed by atoms with Crippen molar-refractivity contribution in [2.24, 2.45) is 5.16 Å². The van der Waals surface area contributed by atoms with Crippen LogP contribution in [0.2, 0.25) is 5.04 Å². The van der Waals surface area contributed by atoms with E-state index in [1.54, 1.807) is 0 Å². The van der Waals surface area contributed by atoms with Gasteiger partial charge in [-0.2, -0.15) is 0 Å². The van der Waals surface area contributed by atoms with Crippen molar-refractivity contribution in [2.75, 3.05) is 0 Å². The molecule has 146 valence electrons. The molecule has 0 aromatic heterocycles. The summed E-state index contributed by atoms with van der Waals surface area (Å²) in [5.74, 6) is 2.47. The molecule has 0 amide bonds. The molecule has 0 fully saturated rings. The van der Waals surface area contributed by atoms with Crippen LogP contribution in [0.3, 0.4) is 0 Å². The van der Waals surface area contributed by atoms with Crippen molar-refractivity contribution >= 4 is 24.4 Å². The van der Waals surface area contributed by atoms with Crippen molar-refractivity contribution in [1.29, 1.82) is 0 Å². The summed E-state index contributed by atoms with van der Waals surface area (Å²) >= 11 is 0. The second-order valence-electron chi connectivity index (χ2n) is 7.96. The Hall–Kier alpha value is -2.39. The Bertz CT molecular complexity index is 819. The highest BCUT2D eigenvalue weighted by atomic mass is 28.4. The molecule has 0 bridgehead atoms. The van der Waals surface area contributed by atoms with Gasteiger partial charge in [-0.05, 0) is 28.3 Å². The standard InChI is InChI=1S/C23H27NO3Si/c1-4-18-17-22(27-24-18)21(25)15-16-23(2,3)28(26,19-11-7-5-8-12-19)20-13-9-6-10-14-20/h1,5-14,21-22,25-26H,15-17H2,2-3H3/t21-,22-/m0/s1. The van der Waals surface area contributed by atoms with E-state index in [4.69, 9.17) is 11.3 Å². The molecule has 2 atom stereocenters. The molecule has 2 N–H and O–H groups in total. The van der Waals surface area contributed by atoms with Crippen LogP contribution in [0, 0.1) is 12.3 Å². The molecule has 2 aromatic carbocycles. The zero-order valence-electron chi connectivity index (χ0n) is 16.4. The Morgan fingerprint density at radius 3 is 2.14 bits per heavy atom. The molecule has 1 aliphatic heterocycles. The average Bonchev–Trinajstić information content (AvgIpc) is 3.22. The van der Waals surface area contributed by atoms with Crippen molar-refractivity contribution in [1.82, 2.24) is 0 Å². The summed E-state index contributed by atoms with van der Waals surface area (Å²) in [6, 6.07) is 19.8. The lowest BCUT2D eigenvalue weighted by molar-refractivity contribution is -0.0224. The van der Waals surface area contributed by atoms with Crippen molar-refractivity contribution in [3.8, 4) is 12.3 Å². The monoisotopic (exact) mass is 393 g/mol. The first-order chi connectivity index (χ1) is 13.4. The molecule has 4 nitrogen and oxygen atoms in total. The maximum atomic E-state index is 12.1. The highest BCUT2D eigenvalue weighted by molar-refractivity contribution is 6.98. The fourth-order valence-corrected chi connectivity index (χ4v) is 7.62. The highest BCUT2D eigenvalue weighted by Gasteiger charge is 2.50. The van der Waals surface area contributed by atoms with Gasteiger partial charge in [-0.15, -0.1) is 6.42 Å². The Morgan fingerprint density at radius 1 is 1.14 bits per heavy atom. The first-order valence-electron chi connectivity index (χ1n) is 9.59. The molecule has 2 aromatic rings. The molecule has 0 saturated heterocycles. The molecule has 5 heteroatoms. The number of nitrogens with zero attached hydrogens (tertiary/aromatic N) is 1. The zero-order chi connectivity index (χ0) is 20.2. The van der Waals surface area contributed by atoms with Gasteiger partial charge in [0.25, 0.3) is 8.32 Å². The first-order valence-corrected chi connectivity index (χ1v) is 11.5. The summed E-state index contributed by atoms with van der Waals surface area (Å²) in [5.41, 5.74) is 0.530. The minimum atomic E-state index is -3.07. The molecule has 0 radical (unpaired) electrons. The number of rotatable bonds is 7. The van der Waals surface area contributed by atoms with Gasteiger partial charge in [-0.25, -0.2) is 0 Å². The van der Waals surface area contributed by atoms with E-state index in [2.05, 4.69) is 24.9 Å². The number of hydrogen-bond acceptors (Lipinski definition) is 4. The predicted octanol–water partition coefficient (Wildman–Crippen LogP) is 2.44. The molecule has 0 saturated carbocycles. The Balaban J connectivity index is 1.83. The van der Waals surface area contributed by atoms with Crippen LogP contribution in [0.15, 0.2) is 65.8 Å². The number of terminal acetylenes is 1. The molecule has 28 heavy (non-hydrogen) atoms. The largest absolute Gasteiger partial charge is 0.424 e. The highest BCUT2D eigenvalue weighted by Crippen LogP contribution is 2.40. The number of benzene rings is 2. The lowest BCUT2D eigenvalue weighted by Gasteiger charge is -2.41. The summed E-state index contributed by atoms with van der Waals surface area (Å²) in [7, 11) is -3.07. The molecule has 3 rings (SSSR count). The van der Waals surface area contributed by atoms with Gasteiger partial charge in [0, 0.05) is 6.42 Å². The van der Waals surface area contributed by atoms with E-state index in [1.807, 2.05) is 60.7 Å². The second-order valence-corrected chi connectivity index (χ2v) is 11.9. The summed E-state index contributed by atoms with van der Waals surface area (Å²) in [6.45, 7) is 4.18. The van der Waals surface area contributed by atoms with Crippen molar-refractivity contribution in [3.63, 3.8) is 0 Å². The molecule has 0 spiro atoms. The summed E-state index contributed by atoms with van der Waals surface area (Å²) in [5, 5.41) is 15.9. The Kier molecular flexibility index (Phi) is 6.04. The van der Waals surface area contributed by atoms with E-state index in [-0.39, 0.29) is 0 Å². The minimum absolute atomic E-state index is 0.412. The molecule has 1 heterocycles. The number of aliphatic hydroxyl groups is 1. The number of hydrogen-bond donors (Lipinski definition) is 2. The Morgan fingerprint density at radius 2 is 1.68 bits per heavy atom. The maximum absolute atomic E-state index is 12.1. The molecule has 1 aliphatic rings. The van der Waals surface area contributed by atoms with Crippen LogP contribution >= 0.6 is 0 Å². The van der Waals surface area contributed by atoms with Crippen molar-refractivity contribution in [3.05, 3.63) is 60.7 Å². The van der Waals surface area contributed by atoms with Crippen LogP contribution in [0.4, 0.5) is 0 Å². The third-order valence-electron chi connectivity index (χ3n) is 5.72. The van der Waals surface area contributed by atoms with Crippen LogP contribution in [-0.2, 0) is 4.84 Å². The quantitative estimate of drug-likeness (QED) is 0.561. The van der Waals surface area contributed by atoms with Gasteiger partial charge in [0.1, 0.15) is 5.71 Å². The number of aliphatic hydroxyl groups excluding tert-OH is 1. The van der Waals surface area contributed by atoms with Gasteiger partial charge in [0.05, 0.1) is 6.10 Å².